The van der Waals surface area contributed by atoms with Crippen LogP contribution in [0.15, 0.2) is 54.6 Å². The van der Waals surface area contributed by atoms with E-state index in [1.165, 1.54) is 6.42 Å². The normalized spacial score (nSPS) is 13.8. The molecule has 0 saturated carbocycles. The van der Waals surface area contributed by atoms with Crippen LogP contribution in [0.25, 0.3) is 33.1 Å². The zero-order valence-corrected chi connectivity index (χ0v) is 14.5. The van der Waals surface area contributed by atoms with E-state index < -0.39 is 0 Å². The lowest BCUT2D eigenvalue weighted by molar-refractivity contribution is 0.415. The molecule has 0 spiro atoms. The molecule has 5 rings (SSSR count). The lowest BCUT2D eigenvalue weighted by atomic mass is 10.1. The minimum atomic E-state index is 0.817. The van der Waals surface area contributed by atoms with Crippen molar-refractivity contribution in [2.75, 3.05) is 25.1 Å². The summed E-state index contributed by atoms with van der Waals surface area (Å²) in [6.07, 6.45) is 1.22. The van der Waals surface area contributed by atoms with Crippen LogP contribution in [0.3, 0.4) is 0 Å². The molecule has 128 valence electrons. The van der Waals surface area contributed by atoms with Crippen molar-refractivity contribution in [3.8, 4) is 17.0 Å². The van der Waals surface area contributed by atoms with Gasteiger partial charge in [0.2, 0.25) is 0 Å². The summed E-state index contributed by atoms with van der Waals surface area (Å²) in [5.74, 6) is 1.87. The van der Waals surface area contributed by atoms with Crippen LogP contribution in [0.4, 0.5) is 5.82 Å². The molecule has 1 saturated heterocycles. The number of hydrogen-bond acceptors (Lipinski definition) is 5. The van der Waals surface area contributed by atoms with Crippen molar-refractivity contribution in [2.24, 2.45) is 0 Å². The Hall–Kier alpha value is -3.21. The number of aromatic nitrogens is 3. The molecule has 0 atom stereocenters. The van der Waals surface area contributed by atoms with E-state index >= 15 is 0 Å². The van der Waals surface area contributed by atoms with E-state index in [0.29, 0.717) is 0 Å². The summed E-state index contributed by atoms with van der Waals surface area (Å²) >= 11 is 0. The molecule has 2 aromatic carbocycles. The van der Waals surface area contributed by atoms with E-state index in [1.54, 1.807) is 7.11 Å². The summed E-state index contributed by atoms with van der Waals surface area (Å²) < 4.78 is 5.23. The maximum Gasteiger partial charge on any atom is 0.137 e. The van der Waals surface area contributed by atoms with Gasteiger partial charge in [-0.25, -0.2) is 4.98 Å². The maximum atomic E-state index is 5.23. The Balaban J connectivity index is 1.70. The van der Waals surface area contributed by atoms with Gasteiger partial charge in [0.05, 0.1) is 18.3 Å². The molecule has 1 aliphatic rings. The largest absolute Gasteiger partial charge is 0.497 e. The van der Waals surface area contributed by atoms with Crippen molar-refractivity contribution >= 4 is 27.6 Å². The molecular formula is C21H18N4O. The van der Waals surface area contributed by atoms with E-state index in [-0.39, 0.29) is 0 Å². The monoisotopic (exact) mass is 342 g/mol. The van der Waals surface area contributed by atoms with Gasteiger partial charge in [-0.3, -0.25) is 0 Å². The van der Waals surface area contributed by atoms with E-state index in [0.717, 1.165) is 57.7 Å². The second kappa shape index (κ2) is 5.95. The van der Waals surface area contributed by atoms with Crippen LogP contribution in [-0.2, 0) is 0 Å². The Morgan fingerprint density at radius 2 is 1.69 bits per heavy atom. The smallest absolute Gasteiger partial charge is 0.137 e. The minimum Gasteiger partial charge on any atom is -0.497 e. The Kier molecular flexibility index (Phi) is 3.45. The van der Waals surface area contributed by atoms with Gasteiger partial charge in [-0.05, 0) is 36.8 Å². The van der Waals surface area contributed by atoms with Crippen molar-refractivity contribution in [3.05, 3.63) is 54.6 Å². The summed E-state index contributed by atoms with van der Waals surface area (Å²) in [5.41, 5.74) is 3.55. The topological polar surface area (TPSA) is 51.1 Å². The predicted molar refractivity (Wildman–Crippen MR) is 104 cm³/mol. The molecule has 5 heteroatoms. The quantitative estimate of drug-likeness (QED) is 0.526. The number of benzene rings is 2. The molecule has 0 unspecified atom stereocenters. The molecule has 5 nitrogen and oxygen atoms in total. The highest BCUT2D eigenvalue weighted by Crippen LogP contribution is 2.33. The third-order valence-corrected chi connectivity index (χ3v) is 4.96. The molecule has 0 bridgehead atoms. The van der Waals surface area contributed by atoms with Crippen LogP contribution >= 0.6 is 0 Å². The van der Waals surface area contributed by atoms with Gasteiger partial charge in [0, 0.05) is 29.4 Å². The van der Waals surface area contributed by atoms with Crippen molar-refractivity contribution < 1.29 is 4.74 Å². The predicted octanol–water partition coefficient (Wildman–Crippen LogP) is 4.06. The first-order valence-electron chi connectivity index (χ1n) is 8.79. The van der Waals surface area contributed by atoms with Gasteiger partial charge < -0.3 is 9.64 Å². The third kappa shape index (κ3) is 2.36. The van der Waals surface area contributed by atoms with Gasteiger partial charge >= 0.3 is 0 Å². The van der Waals surface area contributed by atoms with Gasteiger partial charge in [-0.1, -0.05) is 24.3 Å². The average Bonchev–Trinajstić information content (AvgIpc) is 2.66. The van der Waals surface area contributed by atoms with E-state index in [9.17, 15) is 0 Å². The average molecular weight is 342 g/mol. The molecule has 0 N–H and O–H groups in total. The number of nitrogens with zero attached hydrogens (tertiary/aromatic N) is 4. The molecule has 0 amide bonds. The van der Waals surface area contributed by atoms with Crippen molar-refractivity contribution in [2.45, 2.75) is 6.42 Å². The lowest BCUT2D eigenvalue weighted by Crippen LogP contribution is -2.37. The van der Waals surface area contributed by atoms with Crippen molar-refractivity contribution in [1.82, 2.24) is 15.2 Å². The number of hydrogen-bond donors (Lipinski definition) is 0. The first-order valence-corrected chi connectivity index (χ1v) is 8.79. The van der Waals surface area contributed by atoms with E-state index in [4.69, 9.17) is 9.72 Å². The molecule has 3 heterocycles. The number of methoxy groups -OCH3 is 1. The first kappa shape index (κ1) is 15.1. The SMILES string of the molecule is COc1ccc(-c2cc3nc(N4CCC4)c4ccccc4c3nn2)cc1. The van der Waals surface area contributed by atoms with Crippen LogP contribution in [0.2, 0.25) is 0 Å². The zero-order valence-electron chi connectivity index (χ0n) is 14.5. The molecule has 0 radical (unpaired) electrons. The van der Waals surface area contributed by atoms with Crippen LogP contribution in [0, 0.1) is 0 Å². The van der Waals surface area contributed by atoms with Crippen LogP contribution in [-0.4, -0.2) is 35.4 Å². The van der Waals surface area contributed by atoms with Crippen LogP contribution in [0.1, 0.15) is 6.42 Å². The minimum absolute atomic E-state index is 0.817. The molecule has 1 aliphatic heterocycles. The van der Waals surface area contributed by atoms with Crippen molar-refractivity contribution in [3.63, 3.8) is 0 Å². The highest BCUT2D eigenvalue weighted by Gasteiger charge is 2.20. The molecule has 1 fully saturated rings. The number of anilines is 1. The van der Waals surface area contributed by atoms with Crippen molar-refractivity contribution in [1.29, 1.82) is 0 Å². The second-order valence-corrected chi connectivity index (χ2v) is 6.51. The fraction of sp³-hybridized carbons (Fsp3) is 0.190. The van der Waals surface area contributed by atoms with Gasteiger partial charge in [0.1, 0.15) is 17.1 Å². The Bertz CT molecular complexity index is 1100. The summed E-state index contributed by atoms with van der Waals surface area (Å²) in [5, 5.41) is 11.2. The molecular weight excluding hydrogens is 324 g/mol. The lowest BCUT2D eigenvalue weighted by Gasteiger charge is -2.33. The first-order chi connectivity index (χ1) is 12.8. The Labute approximate surface area is 151 Å². The molecule has 2 aromatic heterocycles. The highest BCUT2D eigenvalue weighted by atomic mass is 16.5. The fourth-order valence-corrected chi connectivity index (χ4v) is 3.39. The molecule has 4 aromatic rings. The maximum absolute atomic E-state index is 5.23. The summed E-state index contributed by atoms with van der Waals surface area (Å²) in [4.78, 5) is 7.27. The Morgan fingerprint density at radius 1 is 0.923 bits per heavy atom. The molecule has 26 heavy (non-hydrogen) atoms. The standard InChI is InChI=1S/C21H18N4O/c1-26-15-9-7-14(8-10-15)18-13-19-20(24-23-18)16-5-2-3-6-17(16)21(22-19)25-11-4-12-25/h2-3,5-10,13H,4,11-12H2,1H3. The number of fused-ring (bicyclic) bond motifs is 3. The number of pyridine rings is 1. The van der Waals surface area contributed by atoms with Gasteiger partial charge in [-0.2, -0.15) is 0 Å². The fourth-order valence-electron chi connectivity index (χ4n) is 3.39. The van der Waals surface area contributed by atoms with Gasteiger partial charge in [-0.15, -0.1) is 10.2 Å². The third-order valence-electron chi connectivity index (χ3n) is 4.96. The van der Waals surface area contributed by atoms with Gasteiger partial charge in [0.15, 0.2) is 0 Å². The Morgan fingerprint density at radius 3 is 2.38 bits per heavy atom. The second-order valence-electron chi connectivity index (χ2n) is 6.51. The zero-order chi connectivity index (χ0) is 17.5. The molecule has 0 aliphatic carbocycles. The van der Waals surface area contributed by atoms with Crippen LogP contribution in [0.5, 0.6) is 5.75 Å². The van der Waals surface area contributed by atoms with E-state index in [2.05, 4.69) is 33.3 Å². The highest BCUT2D eigenvalue weighted by molar-refractivity contribution is 6.08. The summed E-state index contributed by atoms with van der Waals surface area (Å²) in [6.45, 7) is 2.12. The van der Waals surface area contributed by atoms with Crippen LogP contribution < -0.4 is 9.64 Å². The summed E-state index contributed by atoms with van der Waals surface area (Å²) in [7, 11) is 1.66. The number of ether oxygens (including phenoxy) is 1. The summed E-state index contributed by atoms with van der Waals surface area (Å²) in [6, 6.07) is 18.2. The van der Waals surface area contributed by atoms with Gasteiger partial charge in [0.25, 0.3) is 0 Å². The number of rotatable bonds is 3. The van der Waals surface area contributed by atoms with E-state index in [1.807, 2.05) is 36.4 Å².